The molecule has 3 aliphatic heterocycles. The van der Waals surface area contributed by atoms with Gasteiger partial charge in [-0.2, -0.15) is 0 Å². The zero-order chi connectivity index (χ0) is 40.5. The molecular weight excluding hydrogens is 799 g/mol. The second-order valence-corrected chi connectivity index (χ2v) is 15.5. The number of ether oxygens (including phenoxy) is 2. The van der Waals surface area contributed by atoms with E-state index in [1.807, 2.05) is 56.4 Å². The molecule has 0 bridgehead atoms. The predicted octanol–water partition coefficient (Wildman–Crippen LogP) is 9.35. The summed E-state index contributed by atoms with van der Waals surface area (Å²) in [6.07, 6.45) is 8.08. The third-order valence-corrected chi connectivity index (χ3v) is 11.8. The van der Waals surface area contributed by atoms with Crippen molar-refractivity contribution in [3.05, 3.63) is 93.3 Å². The molecule has 2 amide bonds. The molecule has 7 heterocycles. The van der Waals surface area contributed by atoms with E-state index in [1.54, 1.807) is 35.4 Å². The molecule has 9 rings (SSSR count). The highest BCUT2D eigenvalue weighted by atomic mass is 35.5. The van der Waals surface area contributed by atoms with Crippen molar-refractivity contribution in [1.82, 2.24) is 19.9 Å². The molecule has 15 heteroatoms. The fourth-order valence-electron chi connectivity index (χ4n) is 7.62. The van der Waals surface area contributed by atoms with Gasteiger partial charge in [-0.1, -0.05) is 59.1 Å². The van der Waals surface area contributed by atoms with Gasteiger partial charge in [-0.3, -0.25) is 24.4 Å². The molecule has 58 heavy (non-hydrogen) atoms. The number of benzene rings is 2. The average molecular weight is 840 g/mol. The number of methoxy groups -OCH3 is 1. The van der Waals surface area contributed by atoms with E-state index >= 15 is 0 Å². The number of nitrogens with one attached hydrogen (secondary N) is 1. The van der Waals surface area contributed by atoms with Crippen molar-refractivity contribution in [1.29, 1.82) is 0 Å². The van der Waals surface area contributed by atoms with Gasteiger partial charge in [0.25, 0.3) is 0 Å². The molecular formula is C43H41Cl3N8O4. The van der Waals surface area contributed by atoms with E-state index in [-0.39, 0.29) is 11.8 Å². The van der Waals surface area contributed by atoms with Crippen LogP contribution >= 0.6 is 34.8 Å². The van der Waals surface area contributed by atoms with Gasteiger partial charge in [0.15, 0.2) is 0 Å². The Bertz CT molecular complexity index is 2570. The fraction of sp³-hybridized carbons (Fsp3) is 0.302. The minimum absolute atomic E-state index is 0.0737. The molecule has 3 aliphatic rings. The second-order valence-electron chi connectivity index (χ2n) is 14.3. The molecule has 0 atom stereocenters. The van der Waals surface area contributed by atoms with E-state index in [4.69, 9.17) is 54.2 Å². The summed E-state index contributed by atoms with van der Waals surface area (Å²) in [7, 11) is 1.62. The van der Waals surface area contributed by atoms with E-state index in [0.29, 0.717) is 82.6 Å². The maximum atomic E-state index is 12.7. The molecule has 0 unspecified atom stereocenters. The molecule has 4 aromatic heterocycles. The lowest BCUT2D eigenvalue weighted by Crippen LogP contribution is -2.36. The number of anilines is 5. The number of halogens is 3. The highest BCUT2D eigenvalue weighted by molar-refractivity contribution is 6.40. The standard InChI is InChI=1S/C29H29ClN6O3.C14H12Cl2N2O/c1-18-27(21-5-3-6-23(30)28(21)34-29(18)36-8-4-7-26(36)37)33-24-14-25(35-9-11-39-12-10-35)32-17-22(24)19-13-20(38-2)16-31-15-19;1-8-12(16)9-4-2-5-10(15)13(9)17-14(8)18-7-3-6-11(18)19/h3,5-6,13-17H,4,7-12H2,1-2H3,(H,32,33,34);2,4-5H,3,6-7H2,1H3. The smallest absolute Gasteiger partial charge is 0.228 e. The molecule has 2 aromatic carbocycles. The first-order chi connectivity index (χ1) is 28.1. The van der Waals surface area contributed by atoms with Gasteiger partial charge in [0.05, 0.1) is 64.0 Å². The topological polar surface area (TPSA) is 126 Å². The van der Waals surface area contributed by atoms with E-state index in [1.165, 1.54) is 0 Å². The van der Waals surface area contributed by atoms with Gasteiger partial charge in [-0.25, -0.2) is 15.0 Å². The third-order valence-electron chi connectivity index (χ3n) is 10.7. The van der Waals surface area contributed by atoms with Crippen molar-refractivity contribution in [2.45, 2.75) is 39.5 Å². The number of para-hydroxylation sites is 2. The maximum absolute atomic E-state index is 12.7. The van der Waals surface area contributed by atoms with Crippen LogP contribution in [0.4, 0.5) is 28.8 Å². The van der Waals surface area contributed by atoms with Crippen LogP contribution in [0.1, 0.15) is 36.8 Å². The first kappa shape index (κ1) is 39.6. The number of carbonyl (C=O) groups excluding carboxylic acids is 2. The zero-order valence-electron chi connectivity index (χ0n) is 32.3. The minimum atomic E-state index is 0.0737. The van der Waals surface area contributed by atoms with Crippen molar-refractivity contribution in [3.8, 4) is 16.9 Å². The van der Waals surface area contributed by atoms with Gasteiger partial charge < -0.3 is 19.7 Å². The SMILES string of the molecule is COc1cncc(-c2cnc(N3CCOCC3)cc2Nc2c(C)c(N3CCCC3=O)nc3c(Cl)cccc23)c1.Cc1c(N2CCCC2=O)nc2c(Cl)cccc2c1Cl. The van der Waals surface area contributed by atoms with Gasteiger partial charge in [0.2, 0.25) is 11.8 Å². The lowest BCUT2D eigenvalue weighted by Gasteiger charge is -2.29. The van der Waals surface area contributed by atoms with Crippen LogP contribution in [0.2, 0.25) is 15.1 Å². The van der Waals surface area contributed by atoms with Crippen LogP contribution in [-0.2, 0) is 14.3 Å². The van der Waals surface area contributed by atoms with Crippen molar-refractivity contribution in [3.63, 3.8) is 0 Å². The van der Waals surface area contributed by atoms with Gasteiger partial charge in [0.1, 0.15) is 23.2 Å². The van der Waals surface area contributed by atoms with Crippen LogP contribution in [-0.4, -0.2) is 78.3 Å². The number of fused-ring (bicyclic) bond motifs is 2. The van der Waals surface area contributed by atoms with Crippen LogP contribution in [0.15, 0.2) is 67.1 Å². The molecule has 0 spiro atoms. The Kier molecular flexibility index (Phi) is 11.5. The summed E-state index contributed by atoms with van der Waals surface area (Å²) in [5.74, 6) is 2.94. The van der Waals surface area contributed by atoms with Gasteiger partial charge in [0, 0.05) is 90.5 Å². The van der Waals surface area contributed by atoms with Crippen LogP contribution in [0.25, 0.3) is 32.9 Å². The van der Waals surface area contributed by atoms with Crippen molar-refractivity contribution < 1.29 is 19.1 Å². The number of aromatic nitrogens is 4. The molecule has 3 saturated heterocycles. The summed E-state index contributed by atoms with van der Waals surface area (Å²) < 4.78 is 11.0. The molecule has 12 nitrogen and oxygen atoms in total. The van der Waals surface area contributed by atoms with Crippen molar-refractivity contribution in [2.24, 2.45) is 0 Å². The van der Waals surface area contributed by atoms with Crippen LogP contribution in [0.5, 0.6) is 5.75 Å². The third kappa shape index (κ3) is 7.69. The Morgan fingerprint density at radius 2 is 1.38 bits per heavy atom. The molecule has 6 aromatic rings. The number of rotatable bonds is 7. The summed E-state index contributed by atoms with van der Waals surface area (Å²) in [4.78, 5) is 48.9. The Morgan fingerprint density at radius 1 is 0.759 bits per heavy atom. The Morgan fingerprint density at radius 3 is 2.00 bits per heavy atom. The molecule has 0 saturated carbocycles. The lowest BCUT2D eigenvalue weighted by molar-refractivity contribution is -0.117. The summed E-state index contributed by atoms with van der Waals surface area (Å²) in [6, 6.07) is 15.2. The minimum Gasteiger partial charge on any atom is -0.495 e. The Labute approximate surface area is 351 Å². The normalized spacial score (nSPS) is 15.7. The van der Waals surface area contributed by atoms with Crippen molar-refractivity contribution >= 4 is 97.3 Å². The fourth-order valence-corrected chi connectivity index (χ4v) is 8.29. The summed E-state index contributed by atoms with van der Waals surface area (Å²) >= 11 is 19.2. The highest BCUT2D eigenvalue weighted by Gasteiger charge is 2.28. The quantitative estimate of drug-likeness (QED) is 0.166. The van der Waals surface area contributed by atoms with E-state index in [2.05, 4.69) is 26.3 Å². The first-order valence-electron chi connectivity index (χ1n) is 19.2. The molecule has 3 fully saturated rings. The van der Waals surface area contributed by atoms with Gasteiger partial charge in [-0.05, 0) is 44.9 Å². The summed E-state index contributed by atoms with van der Waals surface area (Å²) in [5.41, 5.74) is 6.41. The largest absolute Gasteiger partial charge is 0.495 e. The Balaban J connectivity index is 0.000000206. The number of pyridine rings is 4. The van der Waals surface area contributed by atoms with E-state index < -0.39 is 0 Å². The molecule has 0 radical (unpaired) electrons. The number of hydrogen-bond acceptors (Lipinski definition) is 10. The van der Waals surface area contributed by atoms with Crippen LogP contribution < -0.4 is 24.8 Å². The predicted molar refractivity (Wildman–Crippen MR) is 231 cm³/mol. The monoisotopic (exact) mass is 838 g/mol. The highest BCUT2D eigenvalue weighted by Crippen LogP contribution is 2.41. The maximum Gasteiger partial charge on any atom is 0.228 e. The van der Waals surface area contributed by atoms with E-state index in [9.17, 15) is 9.59 Å². The summed E-state index contributed by atoms with van der Waals surface area (Å²) in [5, 5.41) is 7.09. The number of morpholine rings is 1. The van der Waals surface area contributed by atoms with Gasteiger partial charge in [-0.15, -0.1) is 0 Å². The molecule has 298 valence electrons. The van der Waals surface area contributed by atoms with Gasteiger partial charge >= 0.3 is 0 Å². The summed E-state index contributed by atoms with van der Waals surface area (Å²) in [6.45, 7) is 8.06. The van der Waals surface area contributed by atoms with Crippen molar-refractivity contribution in [2.75, 3.05) is 66.5 Å². The first-order valence-corrected chi connectivity index (χ1v) is 20.3. The number of nitrogens with zero attached hydrogens (tertiary/aromatic N) is 7. The number of hydrogen-bond donors (Lipinski definition) is 1. The lowest BCUT2D eigenvalue weighted by atomic mass is 10.0. The zero-order valence-corrected chi connectivity index (χ0v) is 34.6. The second kappa shape index (κ2) is 16.9. The molecule has 0 aliphatic carbocycles. The van der Waals surface area contributed by atoms with E-state index in [0.717, 1.165) is 76.2 Å². The number of amides is 2. The average Bonchev–Trinajstić information content (AvgIpc) is 3.88. The Hall–Kier alpha value is -5.27. The molecule has 1 N–H and O–H groups in total. The van der Waals surface area contributed by atoms with Crippen LogP contribution in [0.3, 0.4) is 0 Å². The van der Waals surface area contributed by atoms with Crippen LogP contribution in [0, 0.1) is 13.8 Å². The number of carbonyl (C=O) groups is 2.